The zero-order valence-corrected chi connectivity index (χ0v) is 14.8. The van der Waals surface area contributed by atoms with Gasteiger partial charge < -0.3 is 4.90 Å². The molecule has 1 aromatic carbocycles. The average molecular weight is 353 g/mol. The molecule has 0 saturated carbocycles. The number of carbonyl (C=O) groups excluding carboxylic acids is 1. The van der Waals surface area contributed by atoms with E-state index in [-0.39, 0.29) is 5.91 Å². The minimum absolute atomic E-state index is 0.0327. The summed E-state index contributed by atoms with van der Waals surface area (Å²) in [6.45, 7) is 3.41. The highest BCUT2D eigenvalue weighted by Crippen LogP contribution is 2.27. The van der Waals surface area contributed by atoms with Crippen LogP contribution in [-0.4, -0.2) is 43.5 Å². The van der Waals surface area contributed by atoms with Crippen LogP contribution < -0.4 is 0 Å². The Balaban J connectivity index is 1.41. The smallest absolute Gasteiger partial charge is 0.273 e. The largest absolute Gasteiger partial charge is 0.337 e. The van der Waals surface area contributed by atoms with Gasteiger partial charge in [-0.25, -0.2) is 4.98 Å². The lowest BCUT2D eigenvalue weighted by Gasteiger charge is -2.30. The van der Waals surface area contributed by atoms with Crippen molar-refractivity contribution in [3.63, 3.8) is 0 Å². The maximum absolute atomic E-state index is 12.5. The van der Waals surface area contributed by atoms with Gasteiger partial charge in [0.15, 0.2) is 5.82 Å². The van der Waals surface area contributed by atoms with Crippen molar-refractivity contribution in [2.24, 2.45) is 0 Å². The Morgan fingerprint density at radius 1 is 1.24 bits per heavy atom. The third-order valence-corrected chi connectivity index (χ3v) is 5.24. The summed E-state index contributed by atoms with van der Waals surface area (Å²) in [5.41, 5.74) is 1.57. The van der Waals surface area contributed by atoms with E-state index in [0.717, 1.165) is 48.0 Å². The molecule has 0 unspecified atom stereocenters. The minimum atomic E-state index is 0.0327. The molecular formula is C18H19N5OS. The first-order chi connectivity index (χ1) is 12.2. The summed E-state index contributed by atoms with van der Waals surface area (Å²) in [4.78, 5) is 20.1. The minimum Gasteiger partial charge on any atom is -0.337 e. The highest BCUT2D eigenvalue weighted by Gasteiger charge is 2.27. The van der Waals surface area contributed by atoms with Crippen LogP contribution >= 0.6 is 11.5 Å². The number of aromatic amines is 1. The first-order valence-electron chi connectivity index (χ1n) is 8.41. The zero-order chi connectivity index (χ0) is 17.2. The Labute approximate surface area is 150 Å². The molecule has 1 fully saturated rings. The van der Waals surface area contributed by atoms with Crippen LogP contribution in [-0.2, 0) is 0 Å². The molecule has 0 spiro atoms. The number of nitrogens with one attached hydrogen (secondary N) is 1. The molecule has 0 atom stereocenters. The van der Waals surface area contributed by atoms with Crippen LogP contribution in [0, 0.1) is 6.92 Å². The predicted octanol–water partition coefficient (Wildman–Crippen LogP) is 3.26. The number of amides is 1. The van der Waals surface area contributed by atoms with E-state index in [1.165, 1.54) is 11.5 Å². The summed E-state index contributed by atoms with van der Waals surface area (Å²) in [5, 5.41) is 7.42. The molecule has 0 radical (unpaired) electrons. The number of benzene rings is 1. The lowest BCUT2D eigenvalue weighted by molar-refractivity contribution is 0.0706. The summed E-state index contributed by atoms with van der Waals surface area (Å²) >= 11 is 1.37. The number of hydrogen-bond donors (Lipinski definition) is 1. The van der Waals surface area contributed by atoms with Gasteiger partial charge in [-0.05, 0) is 37.4 Å². The van der Waals surface area contributed by atoms with E-state index < -0.39 is 0 Å². The zero-order valence-electron chi connectivity index (χ0n) is 14.0. The second-order valence-corrected chi connectivity index (χ2v) is 7.31. The molecule has 128 valence electrons. The molecule has 2 aromatic heterocycles. The van der Waals surface area contributed by atoms with Crippen molar-refractivity contribution in [3.05, 3.63) is 52.8 Å². The second kappa shape index (κ2) is 6.76. The Hall–Kier alpha value is -2.54. The van der Waals surface area contributed by atoms with Crippen LogP contribution in [0.3, 0.4) is 0 Å². The summed E-state index contributed by atoms with van der Waals surface area (Å²) in [6.07, 6.45) is 1.77. The fraction of sp³-hybridized carbons (Fsp3) is 0.333. The van der Waals surface area contributed by atoms with Crippen LogP contribution in [0.2, 0.25) is 0 Å². The summed E-state index contributed by atoms with van der Waals surface area (Å²) < 4.78 is 4.23. The fourth-order valence-corrected chi connectivity index (χ4v) is 3.70. The predicted molar refractivity (Wildman–Crippen MR) is 96.5 cm³/mol. The average Bonchev–Trinajstić information content (AvgIpc) is 3.31. The quantitative estimate of drug-likeness (QED) is 0.784. The van der Waals surface area contributed by atoms with E-state index in [1.54, 1.807) is 0 Å². The number of piperidine rings is 1. The van der Waals surface area contributed by atoms with E-state index >= 15 is 0 Å². The van der Waals surface area contributed by atoms with Crippen LogP contribution in [0.15, 0.2) is 36.4 Å². The van der Waals surface area contributed by atoms with Gasteiger partial charge in [0.25, 0.3) is 5.91 Å². The second-order valence-electron chi connectivity index (χ2n) is 6.30. The van der Waals surface area contributed by atoms with Crippen molar-refractivity contribution < 1.29 is 4.79 Å². The van der Waals surface area contributed by atoms with Gasteiger partial charge in [-0.3, -0.25) is 9.89 Å². The number of nitrogens with zero attached hydrogens (tertiary/aromatic N) is 4. The molecule has 3 aromatic rings. The Morgan fingerprint density at radius 3 is 2.68 bits per heavy atom. The molecule has 1 saturated heterocycles. The normalized spacial score (nSPS) is 15.5. The molecule has 1 amide bonds. The highest BCUT2D eigenvalue weighted by molar-refractivity contribution is 7.05. The highest BCUT2D eigenvalue weighted by atomic mass is 32.1. The Bertz CT molecular complexity index is 864. The molecule has 4 rings (SSSR count). The summed E-state index contributed by atoms with van der Waals surface area (Å²) in [7, 11) is 0. The number of hydrogen-bond acceptors (Lipinski definition) is 5. The van der Waals surface area contributed by atoms with Crippen LogP contribution in [0.5, 0.6) is 0 Å². The molecule has 3 heterocycles. The van der Waals surface area contributed by atoms with E-state index in [1.807, 2.05) is 48.2 Å². The van der Waals surface area contributed by atoms with Gasteiger partial charge in [-0.15, -0.1) is 0 Å². The van der Waals surface area contributed by atoms with Crippen molar-refractivity contribution in [3.8, 4) is 11.4 Å². The molecule has 1 N–H and O–H groups in total. The standard InChI is InChI=1S/C18H19N5OS/c1-12-11-15(22-25-12)18(24)23-9-7-14(8-10-23)17-19-16(20-21-17)13-5-3-2-4-6-13/h2-6,11,14H,7-10H2,1H3,(H,19,20,21). The number of aryl methyl sites for hydroxylation is 1. The number of carbonyl (C=O) groups is 1. The van der Waals surface area contributed by atoms with Crippen LogP contribution in [0.25, 0.3) is 11.4 Å². The van der Waals surface area contributed by atoms with Crippen molar-refractivity contribution in [2.75, 3.05) is 13.1 Å². The van der Waals surface area contributed by atoms with Gasteiger partial charge in [-0.1, -0.05) is 30.3 Å². The molecule has 25 heavy (non-hydrogen) atoms. The molecule has 1 aliphatic rings. The third kappa shape index (κ3) is 3.32. The van der Waals surface area contributed by atoms with Gasteiger partial charge in [0.05, 0.1) is 0 Å². The number of H-pyrrole nitrogens is 1. The van der Waals surface area contributed by atoms with Gasteiger partial charge in [0, 0.05) is 29.4 Å². The van der Waals surface area contributed by atoms with Gasteiger partial charge >= 0.3 is 0 Å². The lowest BCUT2D eigenvalue weighted by Crippen LogP contribution is -2.38. The van der Waals surface area contributed by atoms with E-state index in [0.29, 0.717) is 11.6 Å². The van der Waals surface area contributed by atoms with Crippen molar-refractivity contribution >= 4 is 17.4 Å². The van der Waals surface area contributed by atoms with Gasteiger partial charge in [0.1, 0.15) is 11.5 Å². The van der Waals surface area contributed by atoms with Gasteiger partial charge in [-0.2, -0.15) is 9.47 Å². The molecule has 0 bridgehead atoms. The molecule has 6 nitrogen and oxygen atoms in total. The van der Waals surface area contributed by atoms with Gasteiger partial charge in [0.2, 0.25) is 0 Å². The van der Waals surface area contributed by atoms with Crippen LogP contribution in [0.1, 0.15) is 39.9 Å². The maximum atomic E-state index is 12.5. The Kier molecular flexibility index (Phi) is 4.31. The van der Waals surface area contributed by atoms with Crippen LogP contribution in [0.4, 0.5) is 0 Å². The van der Waals surface area contributed by atoms with E-state index in [2.05, 4.69) is 19.6 Å². The third-order valence-electron chi connectivity index (χ3n) is 4.55. The first kappa shape index (κ1) is 16.0. The molecular weight excluding hydrogens is 334 g/mol. The van der Waals surface area contributed by atoms with E-state index in [9.17, 15) is 4.79 Å². The lowest BCUT2D eigenvalue weighted by atomic mass is 9.96. The fourth-order valence-electron chi connectivity index (χ4n) is 3.16. The van der Waals surface area contributed by atoms with E-state index in [4.69, 9.17) is 0 Å². The summed E-state index contributed by atoms with van der Waals surface area (Å²) in [6, 6.07) is 11.8. The maximum Gasteiger partial charge on any atom is 0.273 e. The van der Waals surface area contributed by atoms with Crippen molar-refractivity contribution in [1.29, 1.82) is 0 Å². The molecule has 0 aliphatic carbocycles. The first-order valence-corrected chi connectivity index (χ1v) is 9.18. The van der Waals surface area contributed by atoms with Crippen molar-refractivity contribution in [1.82, 2.24) is 24.5 Å². The molecule has 7 heteroatoms. The number of aromatic nitrogens is 4. The monoisotopic (exact) mass is 353 g/mol. The topological polar surface area (TPSA) is 74.8 Å². The molecule has 1 aliphatic heterocycles. The summed E-state index contributed by atoms with van der Waals surface area (Å²) in [5.74, 6) is 1.99. The number of rotatable bonds is 3. The number of likely N-dealkylation sites (tertiary alicyclic amines) is 1. The Morgan fingerprint density at radius 2 is 2.00 bits per heavy atom. The van der Waals surface area contributed by atoms with Crippen molar-refractivity contribution in [2.45, 2.75) is 25.7 Å². The SMILES string of the molecule is Cc1cc(C(=O)N2CCC(c3nc(-c4ccccc4)n[nH]3)CC2)ns1.